The van der Waals surface area contributed by atoms with Crippen LogP contribution in [0.15, 0.2) is 71.6 Å². The molecule has 3 aromatic carbocycles. The molecule has 0 fully saturated rings. The molecule has 5 nitrogen and oxygen atoms in total. The lowest BCUT2D eigenvalue weighted by Gasteiger charge is -2.26. The molecule has 7 heteroatoms. The number of anilines is 1. The highest BCUT2D eigenvalue weighted by Gasteiger charge is 2.26. The van der Waals surface area contributed by atoms with Gasteiger partial charge in [0.1, 0.15) is 0 Å². The number of rotatable bonds is 7. The summed E-state index contributed by atoms with van der Waals surface area (Å²) in [5, 5.41) is 11.1. The summed E-state index contributed by atoms with van der Waals surface area (Å²) in [6, 6.07) is 18.9. The molecule has 0 amide bonds. The molecule has 27 heavy (non-hydrogen) atoms. The zero-order valence-corrected chi connectivity index (χ0v) is 15.9. The van der Waals surface area contributed by atoms with E-state index in [1.807, 2.05) is 30.3 Å². The van der Waals surface area contributed by atoms with Crippen molar-refractivity contribution in [3.8, 4) is 0 Å². The van der Waals surface area contributed by atoms with Crippen molar-refractivity contribution >= 4 is 44.1 Å². The molecule has 3 aromatic rings. The first kappa shape index (κ1) is 19.2. The third-order valence-electron chi connectivity index (χ3n) is 4.19. The Kier molecular flexibility index (Phi) is 5.68. The van der Waals surface area contributed by atoms with Crippen molar-refractivity contribution in [1.29, 1.82) is 0 Å². The van der Waals surface area contributed by atoms with Crippen LogP contribution >= 0.6 is 11.6 Å². The molecule has 0 heterocycles. The van der Waals surface area contributed by atoms with Crippen molar-refractivity contribution < 1.29 is 18.3 Å². The quantitative estimate of drug-likeness (QED) is 0.627. The minimum atomic E-state index is -3.88. The largest absolute Gasteiger partial charge is 0.481 e. The highest BCUT2D eigenvalue weighted by atomic mass is 35.5. The van der Waals surface area contributed by atoms with E-state index in [4.69, 9.17) is 16.7 Å². The van der Waals surface area contributed by atoms with Crippen molar-refractivity contribution in [3.05, 3.63) is 71.8 Å². The fourth-order valence-electron chi connectivity index (χ4n) is 2.90. The Hall–Kier alpha value is -2.57. The Morgan fingerprint density at radius 3 is 2.33 bits per heavy atom. The van der Waals surface area contributed by atoms with Gasteiger partial charge >= 0.3 is 5.97 Å². The van der Waals surface area contributed by atoms with Crippen molar-refractivity contribution in [1.82, 2.24) is 0 Å². The second-order valence-corrected chi connectivity index (χ2v) is 8.33. The average molecular weight is 404 g/mol. The summed E-state index contributed by atoms with van der Waals surface area (Å²) in [7, 11) is -3.88. The number of carboxylic acid groups (broad SMARTS) is 1. The highest BCUT2D eigenvalue weighted by molar-refractivity contribution is 7.92. The fourth-order valence-corrected chi connectivity index (χ4v) is 4.55. The van der Waals surface area contributed by atoms with Crippen molar-refractivity contribution in [2.24, 2.45) is 0 Å². The smallest absolute Gasteiger partial charge is 0.303 e. The van der Waals surface area contributed by atoms with Crippen LogP contribution in [0.1, 0.15) is 12.8 Å². The zero-order valence-electron chi connectivity index (χ0n) is 14.4. The molecule has 0 spiro atoms. The first-order valence-electron chi connectivity index (χ1n) is 8.37. The summed E-state index contributed by atoms with van der Waals surface area (Å²) in [5.41, 5.74) is 0.522. The van der Waals surface area contributed by atoms with Gasteiger partial charge in [-0.2, -0.15) is 0 Å². The van der Waals surface area contributed by atoms with Crippen LogP contribution in [-0.4, -0.2) is 26.0 Å². The SMILES string of the molecule is O=C(O)CCCN(c1cccc2ccccc12)S(=O)(=O)c1ccc(Cl)cc1. The van der Waals surface area contributed by atoms with Crippen LogP contribution in [0.4, 0.5) is 5.69 Å². The number of hydrogen-bond acceptors (Lipinski definition) is 3. The van der Waals surface area contributed by atoms with Gasteiger partial charge in [0, 0.05) is 23.4 Å². The first-order chi connectivity index (χ1) is 12.9. The average Bonchev–Trinajstić information content (AvgIpc) is 2.65. The minimum Gasteiger partial charge on any atom is -0.481 e. The molecule has 3 rings (SSSR count). The summed E-state index contributed by atoms with van der Waals surface area (Å²) in [6.07, 6.45) is 0.0861. The number of sulfonamides is 1. The maximum Gasteiger partial charge on any atom is 0.303 e. The van der Waals surface area contributed by atoms with Crippen LogP contribution < -0.4 is 4.31 Å². The molecule has 0 saturated heterocycles. The van der Waals surface area contributed by atoms with Gasteiger partial charge in [0.15, 0.2) is 0 Å². The molecular formula is C20H18ClNO4S. The number of halogens is 1. The summed E-state index contributed by atoms with van der Waals surface area (Å²) in [5.74, 6) is -0.961. The molecule has 0 aliphatic rings. The molecule has 0 aliphatic heterocycles. The lowest BCUT2D eigenvalue weighted by molar-refractivity contribution is -0.137. The molecule has 0 unspecified atom stereocenters. The number of carboxylic acids is 1. The second kappa shape index (κ2) is 7.98. The molecule has 0 radical (unpaired) electrons. The predicted octanol–water partition coefficient (Wildman–Crippen LogP) is 4.55. The van der Waals surface area contributed by atoms with Gasteiger partial charge in [-0.25, -0.2) is 8.42 Å². The highest BCUT2D eigenvalue weighted by Crippen LogP contribution is 2.31. The lowest BCUT2D eigenvalue weighted by atomic mass is 10.1. The van der Waals surface area contributed by atoms with E-state index in [1.165, 1.54) is 28.6 Å². The van der Waals surface area contributed by atoms with Crippen LogP contribution in [0, 0.1) is 0 Å². The van der Waals surface area contributed by atoms with E-state index < -0.39 is 16.0 Å². The molecule has 1 N–H and O–H groups in total. The molecule has 0 bridgehead atoms. The number of carbonyl (C=O) groups is 1. The van der Waals surface area contributed by atoms with E-state index in [0.29, 0.717) is 10.7 Å². The molecule has 0 saturated carbocycles. The van der Waals surface area contributed by atoms with E-state index in [0.717, 1.165) is 10.8 Å². The van der Waals surface area contributed by atoms with E-state index in [2.05, 4.69) is 0 Å². The maximum atomic E-state index is 13.3. The Morgan fingerprint density at radius 1 is 0.963 bits per heavy atom. The van der Waals surface area contributed by atoms with E-state index >= 15 is 0 Å². The molecular weight excluding hydrogens is 386 g/mol. The summed E-state index contributed by atoms with van der Waals surface area (Å²) in [4.78, 5) is 11.0. The van der Waals surface area contributed by atoms with Crippen molar-refractivity contribution in [2.45, 2.75) is 17.7 Å². The number of fused-ring (bicyclic) bond motifs is 1. The van der Waals surface area contributed by atoms with E-state index in [1.54, 1.807) is 12.1 Å². The van der Waals surface area contributed by atoms with Gasteiger partial charge < -0.3 is 5.11 Å². The van der Waals surface area contributed by atoms with Crippen LogP contribution in [0.2, 0.25) is 5.02 Å². The topological polar surface area (TPSA) is 74.7 Å². The fraction of sp³-hybridized carbons (Fsp3) is 0.150. The summed E-state index contributed by atoms with van der Waals surface area (Å²) >= 11 is 5.88. The molecule has 140 valence electrons. The predicted molar refractivity (Wildman–Crippen MR) is 107 cm³/mol. The van der Waals surface area contributed by atoms with Crippen LogP contribution in [0.25, 0.3) is 10.8 Å². The van der Waals surface area contributed by atoms with Crippen LogP contribution in [-0.2, 0) is 14.8 Å². The normalized spacial score (nSPS) is 11.4. The van der Waals surface area contributed by atoms with Crippen molar-refractivity contribution in [3.63, 3.8) is 0 Å². The van der Waals surface area contributed by atoms with Gasteiger partial charge in [-0.1, -0.05) is 48.0 Å². The van der Waals surface area contributed by atoms with E-state index in [9.17, 15) is 13.2 Å². The second-order valence-electron chi connectivity index (χ2n) is 6.03. The lowest BCUT2D eigenvalue weighted by Crippen LogP contribution is -2.32. The molecule has 0 aliphatic carbocycles. The first-order valence-corrected chi connectivity index (χ1v) is 10.2. The van der Waals surface area contributed by atoms with Crippen LogP contribution in [0.3, 0.4) is 0 Å². The Labute approximate surface area is 162 Å². The zero-order chi connectivity index (χ0) is 19.4. The minimum absolute atomic E-state index is 0.0608. The van der Waals surface area contributed by atoms with E-state index in [-0.39, 0.29) is 24.3 Å². The number of nitrogens with zero attached hydrogens (tertiary/aromatic N) is 1. The van der Waals surface area contributed by atoms with Gasteiger partial charge in [-0.15, -0.1) is 0 Å². The standard InChI is InChI=1S/C20H18ClNO4S/c21-16-10-12-17(13-11-16)27(25,26)22(14-4-9-20(23)24)19-8-3-6-15-5-1-2-7-18(15)19/h1-3,5-8,10-13H,4,9,14H2,(H,23,24). The third kappa shape index (κ3) is 4.23. The number of benzene rings is 3. The van der Waals surface area contributed by atoms with Gasteiger partial charge in [-0.05, 0) is 42.1 Å². The third-order valence-corrected chi connectivity index (χ3v) is 6.27. The summed E-state index contributed by atoms with van der Waals surface area (Å²) < 4.78 is 27.9. The van der Waals surface area contributed by atoms with Crippen LogP contribution in [0.5, 0.6) is 0 Å². The monoisotopic (exact) mass is 403 g/mol. The maximum absolute atomic E-state index is 13.3. The summed E-state index contributed by atoms with van der Waals surface area (Å²) in [6.45, 7) is 0.0608. The Morgan fingerprint density at radius 2 is 1.63 bits per heavy atom. The van der Waals surface area contributed by atoms with Gasteiger partial charge in [0.25, 0.3) is 10.0 Å². The van der Waals surface area contributed by atoms with Gasteiger partial charge in [0.05, 0.1) is 10.6 Å². The number of hydrogen-bond donors (Lipinski definition) is 1. The molecule has 0 aromatic heterocycles. The Bertz CT molecular complexity index is 1060. The van der Waals surface area contributed by atoms with Gasteiger partial charge in [0.2, 0.25) is 0 Å². The Balaban J connectivity index is 2.10. The number of aliphatic carboxylic acids is 1. The van der Waals surface area contributed by atoms with Gasteiger partial charge in [-0.3, -0.25) is 9.10 Å². The molecule has 0 atom stereocenters. The van der Waals surface area contributed by atoms with Crippen molar-refractivity contribution in [2.75, 3.05) is 10.8 Å².